The van der Waals surface area contributed by atoms with Crippen LogP contribution in [0.4, 0.5) is 15.2 Å². The van der Waals surface area contributed by atoms with Gasteiger partial charge in [-0.2, -0.15) is 4.37 Å². The van der Waals surface area contributed by atoms with E-state index >= 15 is 0 Å². The summed E-state index contributed by atoms with van der Waals surface area (Å²) in [5.74, 6) is -1.08. The number of nitrogens with zero attached hydrogens (tertiary/aromatic N) is 4. The lowest BCUT2D eigenvalue weighted by Crippen LogP contribution is -2.13. The number of anilines is 2. The molecule has 3 N–H and O–H groups in total. The molecule has 0 aliphatic rings. The summed E-state index contributed by atoms with van der Waals surface area (Å²) in [6.07, 6.45) is 2.10. The molecule has 0 bridgehead atoms. The second kappa shape index (κ2) is 5.04. The fourth-order valence-electron chi connectivity index (χ4n) is 1.75. The molecule has 0 unspecified atom stereocenters. The van der Waals surface area contributed by atoms with Gasteiger partial charge in [0.05, 0.1) is 22.6 Å². The molecule has 0 spiro atoms. The summed E-state index contributed by atoms with van der Waals surface area (Å²) in [5, 5.41) is 7.11. The molecule has 10 heteroatoms. The van der Waals surface area contributed by atoms with Crippen molar-refractivity contribution >= 4 is 49.8 Å². The van der Waals surface area contributed by atoms with Crippen LogP contribution in [0.1, 0.15) is 16.1 Å². The van der Waals surface area contributed by atoms with Gasteiger partial charge >= 0.3 is 0 Å². The molecule has 3 heterocycles. The monoisotopic (exact) mass is 370 g/mol. The van der Waals surface area contributed by atoms with Crippen molar-refractivity contribution in [3.8, 4) is 0 Å². The molecule has 3 rings (SSSR count). The quantitative estimate of drug-likeness (QED) is 0.720. The first-order valence-corrected chi connectivity index (χ1v) is 7.26. The van der Waals surface area contributed by atoms with Gasteiger partial charge in [0.2, 0.25) is 0 Å². The fourth-order valence-corrected chi connectivity index (χ4v) is 2.96. The summed E-state index contributed by atoms with van der Waals surface area (Å²) in [5.41, 5.74) is 6.76. The van der Waals surface area contributed by atoms with E-state index in [4.69, 9.17) is 5.73 Å². The number of fused-ring (bicyclic) bond motifs is 1. The van der Waals surface area contributed by atoms with E-state index in [0.29, 0.717) is 9.47 Å². The average molecular weight is 371 g/mol. The fraction of sp³-hybridized carbons (Fsp3) is 0.0909. The highest BCUT2D eigenvalue weighted by molar-refractivity contribution is 9.10. The highest BCUT2D eigenvalue weighted by Gasteiger charge is 2.21. The molecule has 3 aromatic heterocycles. The second-order valence-corrected chi connectivity index (χ2v) is 5.73. The van der Waals surface area contributed by atoms with Crippen LogP contribution < -0.4 is 11.1 Å². The zero-order chi connectivity index (χ0) is 15.1. The maximum absolute atomic E-state index is 13.1. The molecular weight excluding hydrogens is 363 g/mol. The van der Waals surface area contributed by atoms with Gasteiger partial charge in [0, 0.05) is 0 Å². The number of hydrogen-bond acceptors (Lipinski definition) is 6. The van der Waals surface area contributed by atoms with Gasteiger partial charge in [0.15, 0.2) is 17.3 Å². The Kier molecular flexibility index (Phi) is 3.33. The lowest BCUT2D eigenvalue weighted by molar-refractivity contribution is 0.102. The zero-order valence-corrected chi connectivity index (χ0v) is 13.0. The van der Waals surface area contributed by atoms with Crippen LogP contribution in [0.5, 0.6) is 0 Å². The molecule has 21 heavy (non-hydrogen) atoms. The maximum Gasteiger partial charge on any atom is 0.264 e. The largest absolute Gasteiger partial charge is 0.381 e. The van der Waals surface area contributed by atoms with E-state index in [0.717, 1.165) is 34.1 Å². The number of nitrogens with two attached hydrogens (primary N) is 1. The molecule has 3 aromatic rings. The second-order valence-electron chi connectivity index (χ2n) is 4.17. The van der Waals surface area contributed by atoms with Crippen molar-refractivity contribution in [2.24, 2.45) is 0 Å². The van der Waals surface area contributed by atoms with E-state index < -0.39 is 11.7 Å². The smallest absolute Gasteiger partial charge is 0.264 e. The Morgan fingerprint density at radius 3 is 3.00 bits per heavy atom. The van der Waals surface area contributed by atoms with Gasteiger partial charge in [-0.15, -0.1) is 5.10 Å². The first-order chi connectivity index (χ1) is 9.97. The molecule has 7 nitrogen and oxygen atoms in total. The predicted molar refractivity (Wildman–Crippen MR) is 79.9 cm³/mol. The Morgan fingerprint density at radius 1 is 1.57 bits per heavy atom. The van der Waals surface area contributed by atoms with E-state index in [1.165, 1.54) is 0 Å². The number of nitrogens with one attached hydrogen (secondary N) is 1. The topological polar surface area (TPSA) is 98.2 Å². The molecule has 0 aliphatic carbocycles. The number of aryl methyl sites for hydroxylation is 1. The van der Waals surface area contributed by atoms with Crippen molar-refractivity contribution in [3.05, 3.63) is 33.9 Å². The lowest BCUT2D eigenvalue weighted by Gasteiger charge is -2.02. The van der Waals surface area contributed by atoms with Gasteiger partial charge < -0.3 is 11.1 Å². The van der Waals surface area contributed by atoms with Gasteiger partial charge in [-0.05, 0) is 34.4 Å². The molecular formula is C11H8BrFN6OS. The average Bonchev–Trinajstić information content (AvgIpc) is 2.91. The molecule has 0 saturated carbocycles. The van der Waals surface area contributed by atoms with E-state index in [9.17, 15) is 9.18 Å². The van der Waals surface area contributed by atoms with E-state index in [-0.39, 0.29) is 17.0 Å². The summed E-state index contributed by atoms with van der Waals surface area (Å²) < 4.78 is 19.0. The van der Waals surface area contributed by atoms with Crippen LogP contribution in [0.2, 0.25) is 0 Å². The minimum Gasteiger partial charge on any atom is -0.381 e. The van der Waals surface area contributed by atoms with Crippen molar-refractivity contribution in [3.63, 3.8) is 0 Å². The van der Waals surface area contributed by atoms with E-state index in [1.54, 1.807) is 0 Å². The van der Waals surface area contributed by atoms with Crippen molar-refractivity contribution in [1.82, 2.24) is 19.0 Å². The minimum absolute atomic E-state index is 0.0250. The van der Waals surface area contributed by atoms with Crippen molar-refractivity contribution in [2.75, 3.05) is 11.1 Å². The summed E-state index contributed by atoms with van der Waals surface area (Å²) in [7, 11) is 0. The van der Waals surface area contributed by atoms with Crippen LogP contribution in [-0.4, -0.2) is 24.9 Å². The van der Waals surface area contributed by atoms with Gasteiger partial charge in [-0.25, -0.2) is 13.9 Å². The van der Waals surface area contributed by atoms with E-state index in [1.807, 2.05) is 6.92 Å². The number of carbonyl (C=O) groups excluding carboxylic acids is 1. The summed E-state index contributed by atoms with van der Waals surface area (Å²) in [4.78, 5) is 16.2. The van der Waals surface area contributed by atoms with Gasteiger partial charge in [0.25, 0.3) is 5.91 Å². The van der Waals surface area contributed by atoms with Crippen molar-refractivity contribution in [2.45, 2.75) is 6.92 Å². The SMILES string of the molecule is Cc1nsc(NC(=O)c2c(N)nn3cc(F)cnc23)c1Br. The molecule has 0 saturated heterocycles. The lowest BCUT2D eigenvalue weighted by atomic mass is 10.3. The van der Waals surface area contributed by atoms with E-state index in [2.05, 4.69) is 35.7 Å². The summed E-state index contributed by atoms with van der Waals surface area (Å²) >= 11 is 4.47. The number of carbonyl (C=O) groups is 1. The molecule has 0 atom stereocenters. The Balaban J connectivity index is 2.02. The highest BCUT2D eigenvalue weighted by Crippen LogP contribution is 2.30. The molecule has 108 valence electrons. The number of amides is 1. The van der Waals surface area contributed by atoms with Crippen molar-refractivity contribution < 1.29 is 9.18 Å². The number of halogens is 2. The number of aromatic nitrogens is 4. The Bertz CT molecular complexity index is 860. The van der Waals surface area contributed by atoms with Crippen LogP contribution in [0.15, 0.2) is 16.9 Å². The molecule has 0 aromatic carbocycles. The van der Waals surface area contributed by atoms with Crippen LogP contribution in [0.25, 0.3) is 5.65 Å². The third-order valence-electron chi connectivity index (χ3n) is 2.71. The van der Waals surface area contributed by atoms with Crippen LogP contribution >= 0.6 is 27.5 Å². The first kappa shape index (κ1) is 13.9. The normalized spacial score (nSPS) is 11.0. The Morgan fingerprint density at radius 2 is 2.33 bits per heavy atom. The maximum atomic E-state index is 13.1. The summed E-state index contributed by atoms with van der Waals surface area (Å²) in [6, 6.07) is 0. The predicted octanol–water partition coefficient (Wildman–Crippen LogP) is 2.23. The highest BCUT2D eigenvalue weighted by atomic mass is 79.9. The summed E-state index contributed by atoms with van der Waals surface area (Å²) in [6.45, 7) is 1.81. The molecule has 1 amide bonds. The van der Waals surface area contributed by atoms with Crippen LogP contribution in [0.3, 0.4) is 0 Å². The van der Waals surface area contributed by atoms with Gasteiger partial charge in [0.1, 0.15) is 10.6 Å². The standard InChI is InChI=1S/C11H8BrFN6OS/c1-4-7(12)11(21-18-4)16-10(20)6-8(14)17-19-3-5(13)2-15-9(6)19/h2-3H,1H3,(H2,14,17)(H,16,20). The first-order valence-electron chi connectivity index (χ1n) is 5.70. The molecule has 0 radical (unpaired) electrons. The van der Waals surface area contributed by atoms with Crippen LogP contribution in [-0.2, 0) is 0 Å². The van der Waals surface area contributed by atoms with Crippen molar-refractivity contribution in [1.29, 1.82) is 0 Å². The number of hydrogen-bond donors (Lipinski definition) is 2. The van der Waals surface area contributed by atoms with Gasteiger partial charge in [-0.1, -0.05) is 0 Å². The Hall–Kier alpha value is -2.07. The minimum atomic E-state index is -0.571. The van der Waals surface area contributed by atoms with Gasteiger partial charge in [-0.3, -0.25) is 4.79 Å². The van der Waals surface area contributed by atoms with Crippen LogP contribution in [0, 0.1) is 12.7 Å². The zero-order valence-electron chi connectivity index (χ0n) is 10.6. The molecule has 0 aliphatic heterocycles. The Labute approximate surface area is 130 Å². The third-order valence-corrected chi connectivity index (χ3v) is 4.80. The molecule has 0 fully saturated rings. The number of rotatable bonds is 2. The number of nitrogen functional groups attached to an aromatic ring is 1. The third kappa shape index (κ3) is 2.36.